The van der Waals surface area contributed by atoms with Gasteiger partial charge in [-0.2, -0.15) is 0 Å². The Balaban J connectivity index is 2.74. The van der Waals surface area contributed by atoms with Crippen LogP contribution in [0.5, 0.6) is 0 Å². The van der Waals surface area contributed by atoms with E-state index < -0.39 is 29.9 Å². The Kier molecular flexibility index (Phi) is 29.5. The largest absolute Gasteiger partial charge is 0.464 e. The van der Waals surface area contributed by atoms with Gasteiger partial charge in [-0.15, -0.1) is 0 Å². The van der Waals surface area contributed by atoms with Gasteiger partial charge < -0.3 is 23.7 Å². The summed E-state index contributed by atoms with van der Waals surface area (Å²) in [5, 5.41) is 0. The second-order valence-electron chi connectivity index (χ2n) is 14.8. The summed E-state index contributed by atoms with van der Waals surface area (Å²) < 4.78 is 29.6. The maximum Gasteiger partial charge on any atom is 0.352 e. The average molecular weight is 726 g/mol. The Morgan fingerprint density at radius 1 is 0.588 bits per heavy atom. The second kappa shape index (κ2) is 31.8. The molecule has 2 unspecified atom stereocenters. The van der Waals surface area contributed by atoms with Gasteiger partial charge in [0.15, 0.2) is 6.29 Å². The Bertz CT molecular complexity index is 852. The van der Waals surface area contributed by atoms with E-state index in [1.807, 2.05) is 18.9 Å². The number of rotatable bonds is 35. The van der Waals surface area contributed by atoms with Crippen LogP contribution in [0.15, 0.2) is 0 Å². The summed E-state index contributed by atoms with van der Waals surface area (Å²) in [5.74, 6) is -1.36. The van der Waals surface area contributed by atoms with E-state index >= 15 is 0 Å². The third-order valence-corrected chi connectivity index (χ3v) is 10.1. The Morgan fingerprint density at radius 2 is 1.08 bits per heavy atom. The van der Waals surface area contributed by atoms with Gasteiger partial charge in [0, 0.05) is 39.0 Å². The zero-order chi connectivity index (χ0) is 37.4. The van der Waals surface area contributed by atoms with Gasteiger partial charge in [0.25, 0.3) is 0 Å². The standard InChI is InChI=1S/C42H79NO8/c1-6-10-13-16-19-20-21-22-25-28-38(44)50-36-37-42(31-32-43(37)5,41(46)49-33-9-4)51-39(45)29-30-40(47-34-26-23-17-14-11-7-2)48-35-27-24-18-15-12-8-3/h37,40H,6-36H2,1-5H3. The number of hydrogen-bond donors (Lipinski definition) is 0. The lowest BCUT2D eigenvalue weighted by Gasteiger charge is -2.34. The molecule has 0 saturated carbocycles. The molecule has 51 heavy (non-hydrogen) atoms. The number of likely N-dealkylation sites (N-methyl/N-ethyl adjacent to an activating group) is 1. The van der Waals surface area contributed by atoms with E-state index in [9.17, 15) is 14.4 Å². The number of carbonyl (C=O) groups excluding carboxylic acids is 3. The van der Waals surface area contributed by atoms with Gasteiger partial charge in [0.1, 0.15) is 6.61 Å². The van der Waals surface area contributed by atoms with Crippen LogP contribution >= 0.6 is 0 Å². The lowest BCUT2D eigenvalue weighted by Crippen LogP contribution is -2.55. The van der Waals surface area contributed by atoms with Crippen LogP contribution < -0.4 is 0 Å². The van der Waals surface area contributed by atoms with E-state index in [2.05, 4.69) is 20.8 Å². The van der Waals surface area contributed by atoms with E-state index in [1.54, 1.807) is 0 Å². The maximum absolute atomic E-state index is 13.6. The lowest BCUT2D eigenvalue weighted by molar-refractivity contribution is -0.191. The highest BCUT2D eigenvalue weighted by Gasteiger charge is 2.57. The van der Waals surface area contributed by atoms with E-state index in [-0.39, 0.29) is 32.0 Å². The lowest BCUT2D eigenvalue weighted by atomic mass is 9.94. The molecule has 1 aliphatic heterocycles. The summed E-state index contributed by atoms with van der Waals surface area (Å²) in [5.41, 5.74) is -1.53. The number of unbranched alkanes of at least 4 members (excludes halogenated alkanes) is 18. The van der Waals surface area contributed by atoms with E-state index in [0.29, 0.717) is 39.0 Å². The van der Waals surface area contributed by atoms with Crippen molar-refractivity contribution in [1.29, 1.82) is 0 Å². The Hall–Kier alpha value is -1.71. The summed E-state index contributed by atoms with van der Waals surface area (Å²) in [6.45, 7) is 10.5. The maximum atomic E-state index is 13.6. The van der Waals surface area contributed by atoms with Gasteiger partial charge in [-0.25, -0.2) is 4.79 Å². The molecule has 1 saturated heterocycles. The summed E-state index contributed by atoms with van der Waals surface area (Å²) in [7, 11) is 1.87. The zero-order valence-electron chi connectivity index (χ0n) is 33.8. The fourth-order valence-corrected chi connectivity index (χ4v) is 6.72. The van der Waals surface area contributed by atoms with Gasteiger partial charge in [-0.1, -0.05) is 143 Å². The van der Waals surface area contributed by atoms with Crippen LogP contribution in [0, 0.1) is 0 Å². The number of ether oxygens (including phenoxy) is 5. The topological polar surface area (TPSA) is 101 Å². The monoisotopic (exact) mass is 726 g/mol. The minimum Gasteiger partial charge on any atom is -0.464 e. The second-order valence-corrected chi connectivity index (χ2v) is 14.8. The number of likely N-dealkylation sites (tertiary alicyclic amines) is 1. The molecule has 0 aromatic carbocycles. The molecule has 0 spiro atoms. The van der Waals surface area contributed by atoms with Gasteiger partial charge in [0.2, 0.25) is 5.60 Å². The normalized spacial score (nSPS) is 17.6. The van der Waals surface area contributed by atoms with Gasteiger partial charge in [0.05, 0.1) is 19.1 Å². The van der Waals surface area contributed by atoms with Crippen molar-refractivity contribution in [1.82, 2.24) is 4.90 Å². The van der Waals surface area contributed by atoms with Crippen molar-refractivity contribution in [3.63, 3.8) is 0 Å². The quantitative estimate of drug-likeness (QED) is 0.0273. The fraction of sp³-hybridized carbons (Fsp3) is 0.929. The number of nitrogens with zero attached hydrogens (tertiary/aromatic N) is 1. The summed E-state index contributed by atoms with van der Waals surface area (Å²) >= 11 is 0. The van der Waals surface area contributed by atoms with Crippen LogP contribution in [0.25, 0.3) is 0 Å². The number of carbonyl (C=O) groups is 3. The molecule has 0 aliphatic carbocycles. The molecule has 0 aromatic heterocycles. The molecule has 0 amide bonds. The van der Waals surface area contributed by atoms with Gasteiger partial charge in [-0.3, -0.25) is 14.5 Å². The Morgan fingerprint density at radius 3 is 1.59 bits per heavy atom. The predicted octanol–water partition coefficient (Wildman–Crippen LogP) is 10.3. The van der Waals surface area contributed by atoms with Crippen molar-refractivity contribution in [2.24, 2.45) is 0 Å². The first-order valence-electron chi connectivity index (χ1n) is 21.3. The molecule has 1 rings (SSSR count). The van der Waals surface area contributed by atoms with Crippen molar-refractivity contribution < 1.29 is 38.1 Å². The van der Waals surface area contributed by atoms with Crippen molar-refractivity contribution >= 4 is 17.9 Å². The predicted molar refractivity (Wildman–Crippen MR) is 206 cm³/mol. The van der Waals surface area contributed by atoms with Crippen LogP contribution in [0.2, 0.25) is 0 Å². The highest BCUT2D eigenvalue weighted by atomic mass is 16.7. The van der Waals surface area contributed by atoms with E-state index in [1.165, 1.54) is 89.9 Å². The molecular formula is C42H79NO8. The van der Waals surface area contributed by atoms with Crippen molar-refractivity contribution in [3.05, 3.63) is 0 Å². The summed E-state index contributed by atoms with van der Waals surface area (Å²) in [4.78, 5) is 41.7. The summed E-state index contributed by atoms with van der Waals surface area (Å²) in [6.07, 6.45) is 25.7. The smallest absolute Gasteiger partial charge is 0.352 e. The minimum absolute atomic E-state index is 0.0351. The third-order valence-electron chi connectivity index (χ3n) is 10.1. The van der Waals surface area contributed by atoms with Crippen molar-refractivity contribution in [2.45, 2.75) is 213 Å². The first-order valence-corrected chi connectivity index (χ1v) is 21.3. The van der Waals surface area contributed by atoms with Crippen molar-refractivity contribution in [2.75, 3.05) is 40.0 Å². The SMILES string of the molecule is CCCCCCCCCCCC(=O)OCC1N(C)CCC1(OC(=O)CCC(OCCCCCCCC)OCCCCCCCC)C(=O)OCCC. The third kappa shape index (κ3) is 22.2. The van der Waals surface area contributed by atoms with Crippen LogP contribution in [-0.2, 0) is 38.1 Å². The van der Waals surface area contributed by atoms with E-state index in [4.69, 9.17) is 23.7 Å². The van der Waals surface area contributed by atoms with Gasteiger partial charge >= 0.3 is 17.9 Å². The van der Waals surface area contributed by atoms with Crippen LogP contribution in [-0.4, -0.2) is 80.8 Å². The van der Waals surface area contributed by atoms with Crippen LogP contribution in [0.4, 0.5) is 0 Å². The first-order chi connectivity index (χ1) is 24.8. The minimum atomic E-state index is -1.53. The molecular weight excluding hydrogens is 646 g/mol. The highest BCUT2D eigenvalue weighted by Crippen LogP contribution is 2.34. The molecule has 0 N–H and O–H groups in total. The van der Waals surface area contributed by atoms with E-state index in [0.717, 1.165) is 44.9 Å². The molecule has 1 fully saturated rings. The summed E-state index contributed by atoms with van der Waals surface area (Å²) in [6, 6.07) is -0.624. The molecule has 1 heterocycles. The van der Waals surface area contributed by atoms with Crippen LogP contribution in [0.3, 0.4) is 0 Å². The molecule has 9 heteroatoms. The van der Waals surface area contributed by atoms with Crippen molar-refractivity contribution in [3.8, 4) is 0 Å². The van der Waals surface area contributed by atoms with Gasteiger partial charge in [-0.05, 0) is 32.7 Å². The molecule has 1 aliphatic rings. The average Bonchev–Trinajstić information content (AvgIpc) is 3.44. The molecule has 0 aromatic rings. The molecule has 2 atom stereocenters. The molecule has 9 nitrogen and oxygen atoms in total. The molecule has 0 radical (unpaired) electrons. The molecule has 0 bridgehead atoms. The Labute approximate surface area is 313 Å². The zero-order valence-corrected chi connectivity index (χ0v) is 33.8. The number of esters is 3. The highest BCUT2D eigenvalue weighted by molar-refractivity contribution is 5.85. The fourth-order valence-electron chi connectivity index (χ4n) is 6.72. The number of hydrogen-bond acceptors (Lipinski definition) is 9. The molecule has 300 valence electrons. The van der Waals surface area contributed by atoms with Crippen LogP contribution in [0.1, 0.15) is 195 Å². The first kappa shape index (κ1) is 47.3.